The zero-order valence-electron chi connectivity index (χ0n) is 8.46. The topological polar surface area (TPSA) is 12.0 Å². The van der Waals surface area contributed by atoms with Crippen LogP contribution in [0.3, 0.4) is 0 Å². The predicted octanol–water partition coefficient (Wildman–Crippen LogP) is 3.66. The van der Waals surface area contributed by atoms with Crippen molar-refractivity contribution in [2.75, 3.05) is 5.32 Å². The van der Waals surface area contributed by atoms with E-state index >= 15 is 0 Å². The third-order valence-corrected chi connectivity index (χ3v) is 1.76. The molecule has 0 heterocycles. The van der Waals surface area contributed by atoms with Crippen LogP contribution in [-0.4, -0.2) is 0 Å². The Morgan fingerprint density at radius 2 is 2.21 bits per heavy atom. The van der Waals surface area contributed by atoms with Crippen molar-refractivity contribution in [1.82, 2.24) is 0 Å². The van der Waals surface area contributed by atoms with Crippen molar-refractivity contribution in [3.8, 4) is 0 Å². The van der Waals surface area contributed by atoms with Crippen LogP contribution < -0.4 is 5.32 Å². The molecule has 0 aliphatic carbocycles. The first-order valence-corrected chi connectivity index (χ1v) is 4.54. The molecule has 0 saturated carbocycles. The van der Waals surface area contributed by atoms with Gasteiger partial charge in [0.25, 0.3) is 0 Å². The lowest BCUT2D eigenvalue weighted by Gasteiger charge is -2.05. The molecule has 0 spiro atoms. The molecule has 14 heavy (non-hydrogen) atoms. The summed E-state index contributed by atoms with van der Waals surface area (Å²) < 4.78 is 0. The smallest absolute Gasteiger partial charge is 0.0386 e. The maximum Gasteiger partial charge on any atom is 0.0386 e. The van der Waals surface area contributed by atoms with Crippen LogP contribution in [0.2, 0.25) is 0 Å². The molecular weight excluding hydrogens is 170 g/mol. The fourth-order valence-corrected chi connectivity index (χ4v) is 1.13. The molecule has 0 radical (unpaired) electrons. The van der Waals surface area contributed by atoms with Gasteiger partial charge in [-0.1, -0.05) is 37.4 Å². The van der Waals surface area contributed by atoms with Crippen LogP contribution >= 0.6 is 0 Å². The van der Waals surface area contributed by atoms with E-state index in [0.717, 1.165) is 11.4 Å². The molecule has 1 nitrogen and oxygen atoms in total. The number of anilines is 1. The van der Waals surface area contributed by atoms with Crippen LogP contribution in [0, 0.1) is 6.92 Å². The molecule has 0 aliphatic heterocycles. The van der Waals surface area contributed by atoms with Crippen molar-refractivity contribution >= 4 is 5.69 Å². The standard InChI is InChI=1S/C13H15N/c1-4-5-8-12(3)14-13-9-6-7-11(2)10-13/h4-10,14H,1,3H2,2H3/b8-5-. The molecule has 1 aromatic carbocycles. The zero-order valence-corrected chi connectivity index (χ0v) is 8.46. The molecular formula is C13H15N. The minimum Gasteiger partial charge on any atom is -0.356 e. The van der Waals surface area contributed by atoms with Gasteiger partial charge in [-0.05, 0) is 30.7 Å². The summed E-state index contributed by atoms with van der Waals surface area (Å²) in [5, 5.41) is 3.19. The normalized spacial score (nSPS) is 10.1. The van der Waals surface area contributed by atoms with Crippen molar-refractivity contribution in [2.24, 2.45) is 0 Å². The Kier molecular flexibility index (Phi) is 3.74. The lowest BCUT2D eigenvalue weighted by Crippen LogP contribution is -1.94. The second kappa shape index (κ2) is 5.07. The highest BCUT2D eigenvalue weighted by Gasteiger charge is 1.91. The van der Waals surface area contributed by atoms with Gasteiger partial charge < -0.3 is 5.32 Å². The van der Waals surface area contributed by atoms with E-state index in [1.54, 1.807) is 6.08 Å². The van der Waals surface area contributed by atoms with Gasteiger partial charge in [0.15, 0.2) is 0 Å². The summed E-state index contributed by atoms with van der Waals surface area (Å²) in [5.74, 6) is 0. The summed E-state index contributed by atoms with van der Waals surface area (Å²) in [6, 6.07) is 8.17. The van der Waals surface area contributed by atoms with Crippen molar-refractivity contribution < 1.29 is 0 Å². The molecule has 0 fully saturated rings. The zero-order chi connectivity index (χ0) is 10.4. The van der Waals surface area contributed by atoms with Crippen LogP contribution in [0.5, 0.6) is 0 Å². The first-order chi connectivity index (χ1) is 6.72. The van der Waals surface area contributed by atoms with E-state index in [2.05, 4.69) is 37.5 Å². The predicted molar refractivity (Wildman–Crippen MR) is 63.3 cm³/mol. The number of hydrogen-bond acceptors (Lipinski definition) is 1. The van der Waals surface area contributed by atoms with Crippen LogP contribution in [0.1, 0.15) is 5.56 Å². The van der Waals surface area contributed by atoms with Gasteiger partial charge in [-0.15, -0.1) is 0 Å². The van der Waals surface area contributed by atoms with E-state index in [4.69, 9.17) is 0 Å². The molecule has 1 rings (SSSR count). The van der Waals surface area contributed by atoms with Crippen molar-refractivity contribution in [2.45, 2.75) is 6.92 Å². The molecule has 0 amide bonds. The second-order valence-corrected chi connectivity index (χ2v) is 3.11. The molecule has 1 aromatic rings. The van der Waals surface area contributed by atoms with Gasteiger partial charge in [0.2, 0.25) is 0 Å². The summed E-state index contributed by atoms with van der Waals surface area (Å²) in [6.45, 7) is 9.53. The molecule has 0 bridgehead atoms. The van der Waals surface area contributed by atoms with Gasteiger partial charge in [-0.25, -0.2) is 0 Å². The maximum atomic E-state index is 3.87. The monoisotopic (exact) mass is 185 g/mol. The molecule has 1 heteroatoms. The lowest BCUT2D eigenvalue weighted by atomic mass is 10.2. The average molecular weight is 185 g/mol. The number of allylic oxidation sites excluding steroid dienone is 3. The second-order valence-electron chi connectivity index (χ2n) is 3.11. The largest absolute Gasteiger partial charge is 0.356 e. The van der Waals surface area contributed by atoms with Crippen LogP contribution in [0.4, 0.5) is 5.69 Å². The summed E-state index contributed by atoms with van der Waals surface area (Å²) in [7, 11) is 0. The summed E-state index contributed by atoms with van der Waals surface area (Å²) >= 11 is 0. The first kappa shape index (κ1) is 10.3. The van der Waals surface area contributed by atoms with Crippen LogP contribution in [-0.2, 0) is 0 Å². The Morgan fingerprint density at radius 1 is 1.43 bits per heavy atom. The van der Waals surface area contributed by atoms with Gasteiger partial charge in [0.1, 0.15) is 0 Å². The number of hydrogen-bond donors (Lipinski definition) is 1. The highest BCUT2D eigenvalue weighted by Crippen LogP contribution is 2.11. The Morgan fingerprint density at radius 3 is 2.86 bits per heavy atom. The molecule has 0 atom stereocenters. The Bertz CT molecular complexity index is 361. The SMILES string of the molecule is C=C/C=C\C(=C)Nc1cccc(C)c1. The fraction of sp³-hybridized carbons (Fsp3) is 0.0769. The number of rotatable bonds is 4. The van der Waals surface area contributed by atoms with Crippen molar-refractivity contribution in [1.29, 1.82) is 0 Å². The van der Waals surface area contributed by atoms with Crippen LogP contribution in [0.15, 0.2) is 61.3 Å². The molecule has 1 N–H and O–H groups in total. The molecule has 0 saturated heterocycles. The third-order valence-electron chi connectivity index (χ3n) is 1.76. The molecule has 72 valence electrons. The van der Waals surface area contributed by atoms with E-state index in [1.165, 1.54) is 5.56 Å². The summed E-state index contributed by atoms with van der Waals surface area (Å²) in [5.41, 5.74) is 3.15. The average Bonchev–Trinajstić information content (AvgIpc) is 2.15. The van der Waals surface area contributed by atoms with Gasteiger partial charge in [-0.3, -0.25) is 0 Å². The van der Waals surface area contributed by atoms with E-state index < -0.39 is 0 Å². The van der Waals surface area contributed by atoms with Crippen LogP contribution in [0.25, 0.3) is 0 Å². The highest BCUT2D eigenvalue weighted by atomic mass is 14.9. The minimum absolute atomic E-state index is 0.857. The van der Waals surface area contributed by atoms with Gasteiger partial charge >= 0.3 is 0 Å². The maximum absolute atomic E-state index is 3.87. The Hall–Kier alpha value is -1.76. The molecule has 0 unspecified atom stereocenters. The summed E-state index contributed by atoms with van der Waals surface area (Å²) in [6.07, 6.45) is 5.46. The van der Waals surface area contributed by atoms with E-state index in [0.29, 0.717) is 0 Å². The molecule has 0 aliphatic rings. The van der Waals surface area contributed by atoms with E-state index in [1.807, 2.05) is 24.3 Å². The van der Waals surface area contributed by atoms with Gasteiger partial charge in [0, 0.05) is 11.4 Å². The number of nitrogens with one attached hydrogen (secondary N) is 1. The first-order valence-electron chi connectivity index (χ1n) is 4.54. The quantitative estimate of drug-likeness (QED) is 0.706. The van der Waals surface area contributed by atoms with E-state index in [-0.39, 0.29) is 0 Å². The Labute approximate surface area is 85.5 Å². The van der Waals surface area contributed by atoms with Crippen molar-refractivity contribution in [3.05, 3.63) is 66.9 Å². The van der Waals surface area contributed by atoms with Crippen molar-refractivity contribution in [3.63, 3.8) is 0 Å². The number of aryl methyl sites for hydroxylation is 1. The summed E-state index contributed by atoms with van der Waals surface area (Å²) in [4.78, 5) is 0. The number of benzene rings is 1. The minimum atomic E-state index is 0.857. The molecule has 0 aromatic heterocycles. The lowest BCUT2D eigenvalue weighted by molar-refractivity contribution is 1.43. The fourth-order valence-electron chi connectivity index (χ4n) is 1.13. The Balaban J connectivity index is 2.64. The van der Waals surface area contributed by atoms with E-state index in [9.17, 15) is 0 Å². The third kappa shape index (κ3) is 3.31. The van der Waals surface area contributed by atoms with Gasteiger partial charge in [0.05, 0.1) is 0 Å². The van der Waals surface area contributed by atoms with Gasteiger partial charge in [-0.2, -0.15) is 0 Å². The highest BCUT2D eigenvalue weighted by molar-refractivity contribution is 5.51.